The van der Waals surface area contributed by atoms with Gasteiger partial charge in [-0.05, 0) is 19.1 Å². The molecule has 6 nitrogen and oxygen atoms in total. The number of nitrogens with zero attached hydrogens (tertiary/aromatic N) is 3. The maximum absolute atomic E-state index is 5.56. The van der Waals surface area contributed by atoms with Crippen LogP contribution in [0.15, 0.2) is 28.0 Å². The quantitative estimate of drug-likeness (QED) is 0.811. The van der Waals surface area contributed by atoms with Crippen LogP contribution in [-0.2, 0) is 5.75 Å². The number of thioether (sulfide) groups is 1. The molecule has 0 aromatic carbocycles. The zero-order valence-corrected chi connectivity index (χ0v) is 10.1. The zero-order valence-electron chi connectivity index (χ0n) is 9.29. The Balaban J connectivity index is 2.04. The molecule has 2 heterocycles. The van der Waals surface area contributed by atoms with Crippen molar-refractivity contribution in [2.75, 3.05) is 12.3 Å². The molecule has 0 fully saturated rings. The molecule has 0 saturated heterocycles. The second-order valence-electron chi connectivity index (χ2n) is 3.06. The maximum Gasteiger partial charge on any atom is 0.322 e. The van der Waals surface area contributed by atoms with Gasteiger partial charge in [0.1, 0.15) is 5.76 Å². The van der Waals surface area contributed by atoms with Crippen molar-refractivity contribution in [1.29, 1.82) is 0 Å². The van der Waals surface area contributed by atoms with Gasteiger partial charge in [-0.2, -0.15) is 15.0 Å². The summed E-state index contributed by atoms with van der Waals surface area (Å²) in [5, 5.41) is 0.525. The molecule has 0 atom stereocenters. The first kappa shape index (κ1) is 11.7. The van der Waals surface area contributed by atoms with Crippen LogP contribution >= 0.6 is 11.8 Å². The SMILES string of the molecule is CCOc1nc(N)nc(SCc2ccco2)n1. The largest absolute Gasteiger partial charge is 0.468 e. The molecule has 0 saturated carbocycles. The fourth-order valence-corrected chi connectivity index (χ4v) is 1.88. The van der Waals surface area contributed by atoms with Crippen LogP contribution in [0.4, 0.5) is 5.95 Å². The Morgan fingerprint density at radius 3 is 3.00 bits per heavy atom. The Morgan fingerprint density at radius 1 is 1.41 bits per heavy atom. The number of rotatable bonds is 5. The number of hydrogen-bond acceptors (Lipinski definition) is 7. The molecule has 0 amide bonds. The Morgan fingerprint density at radius 2 is 2.29 bits per heavy atom. The van der Waals surface area contributed by atoms with E-state index < -0.39 is 0 Å². The third-order valence-corrected chi connectivity index (χ3v) is 2.68. The molecule has 0 radical (unpaired) electrons. The maximum atomic E-state index is 5.56. The van der Waals surface area contributed by atoms with Crippen LogP contribution in [0.25, 0.3) is 0 Å². The molecule has 0 aliphatic heterocycles. The smallest absolute Gasteiger partial charge is 0.322 e. The highest BCUT2D eigenvalue weighted by Crippen LogP contribution is 2.21. The average molecular weight is 252 g/mol. The van der Waals surface area contributed by atoms with Gasteiger partial charge in [0.15, 0.2) is 5.16 Å². The number of nitrogen functional groups attached to an aromatic ring is 1. The van der Waals surface area contributed by atoms with Gasteiger partial charge in [0.25, 0.3) is 0 Å². The highest BCUT2D eigenvalue weighted by molar-refractivity contribution is 7.98. The molecule has 2 N–H and O–H groups in total. The van der Waals surface area contributed by atoms with E-state index >= 15 is 0 Å². The molecule has 0 aliphatic carbocycles. The summed E-state index contributed by atoms with van der Waals surface area (Å²) in [4.78, 5) is 12.0. The van der Waals surface area contributed by atoms with Gasteiger partial charge < -0.3 is 14.9 Å². The van der Waals surface area contributed by atoms with Crippen LogP contribution in [0, 0.1) is 0 Å². The summed E-state index contributed by atoms with van der Waals surface area (Å²) in [7, 11) is 0. The molecular weight excluding hydrogens is 240 g/mol. The number of aromatic nitrogens is 3. The summed E-state index contributed by atoms with van der Waals surface area (Å²) >= 11 is 1.42. The van der Waals surface area contributed by atoms with Gasteiger partial charge in [-0.15, -0.1) is 0 Å². The van der Waals surface area contributed by atoms with Crippen molar-refractivity contribution in [3.63, 3.8) is 0 Å². The minimum atomic E-state index is 0.158. The standard InChI is InChI=1S/C10H12N4O2S/c1-2-15-9-12-8(11)13-10(14-9)17-6-7-4-3-5-16-7/h3-5H,2,6H2,1H3,(H2,11,12,13,14). The molecule has 0 unspecified atom stereocenters. The first-order valence-electron chi connectivity index (χ1n) is 5.07. The lowest BCUT2D eigenvalue weighted by Crippen LogP contribution is -2.04. The third kappa shape index (κ3) is 3.35. The molecule has 0 spiro atoms. The fraction of sp³-hybridized carbons (Fsp3) is 0.300. The topological polar surface area (TPSA) is 87.1 Å². The van der Waals surface area contributed by atoms with E-state index in [0.717, 1.165) is 5.76 Å². The number of ether oxygens (including phenoxy) is 1. The minimum Gasteiger partial charge on any atom is -0.468 e. The van der Waals surface area contributed by atoms with Crippen molar-refractivity contribution < 1.29 is 9.15 Å². The molecule has 2 aromatic rings. The van der Waals surface area contributed by atoms with Crippen LogP contribution < -0.4 is 10.5 Å². The van der Waals surface area contributed by atoms with Gasteiger partial charge in [0.2, 0.25) is 5.95 Å². The number of furan rings is 1. The summed E-state index contributed by atoms with van der Waals surface area (Å²) in [5.41, 5.74) is 5.56. The van der Waals surface area contributed by atoms with Gasteiger partial charge in [0, 0.05) is 0 Å². The Kier molecular flexibility index (Phi) is 3.81. The van der Waals surface area contributed by atoms with Crippen LogP contribution in [0.3, 0.4) is 0 Å². The predicted molar refractivity (Wildman–Crippen MR) is 63.7 cm³/mol. The second kappa shape index (κ2) is 5.53. The molecular formula is C10H12N4O2S. The van der Waals surface area contributed by atoms with Gasteiger partial charge in [0.05, 0.1) is 18.6 Å². The highest BCUT2D eigenvalue weighted by atomic mass is 32.2. The zero-order chi connectivity index (χ0) is 12.1. The van der Waals surface area contributed by atoms with Crippen molar-refractivity contribution in [2.24, 2.45) is 0 Å². The summed E-state index contributed by atoms with van der Waals surface area (Å²) in [6.45, 7) is 2.35. The van der Waals surface area contributed by atoms with E-state index in [4.69, 9.17) is 14.9 Å². The van der Waals surface area contributed by atoms with Crippen LogP contribution in [0.2, 0.25) is 0 Å². The molecule has 0 bridgehead atoms. The van der Waals surface area contributed by atoms with Crippen LogP contribution in [0.1, 0.15) is 12.7 Å². The molecule has 0 aliphatic rings. The van der Waals surface area contributed by atoms with E-state index in [1.54, 1.807) is 6.26 Å². The van der Waals surface area contributed by atoms with E-state index in [0.29, 0.717) is 17.5 Å². The average Bonchev–Trinajstić information content (AvgIpc) is 2.79. The minimum absolute atomic E-state index is 0.158. The lowest BCUT2D eigenvalue weighted by Gasteiger charge is -2.03. The Bertz CT molecular complexity index is 475. The van der Waals surface area contributed by atoms with Gasteiger partial charge >= 0.3 is 6.01 Å². The normalized spacial score (nSPS) is 10.4. The third-order valence-electron chi connectivity index (χ3n) is 1.81. The first-order chi connectivity index (χ1) is 8.28. The van der Waals surface area contributed by atoms with Crippen molar-refractivity contribution in [1.82, 2.24) is 15.0 Å². The monoisotopic (exact) mass is 252 g/mol. The van der Waals surface area contributed by atoms with Crippen molar-refractivity contribution in [2.45, 2.75) is 17.8 Å². The Labute approximate surface area is 103 Å². The van der Waals surface area contributed by atoms with Crippen molar-refractivity contribution in [3.05, 3.63) is 24.2 Å². The molecule has 2 aromatic heterocycles. The molecule has 17 heavy (non-hydrogen) atoms. The molecule has 2 rings (SSSR count). The summed E-state index contributed by atoms with van der Waals surface area (Å²) in [6, 6.07) is 3.98. The predicted octanol–water partition coefficient (Wildman–Crippen LogP) is 1.74. The first-order valence-corrected chi connectivity index (χ1v) is 6.06. The molecule has 7 heteroatoms. The van der Waals surface area contributed by atoms with Gasteiger partial charge in [-0.3, -0.25) is 0 Å². The van der Waals surface area contributed by atoms with Crippen LogP contribution in [0.5, 0.6) is 6.01 Å². The lowest BCUT2D eigenvalue weighted by atomic mass is 10.5. The highest BCUT2D eigenvalue weighted by Gasteiger charge is 2.06. The Hall–Kier alpha value is -1.76. The van der Waals surface area contributed by atoms with E-state index in [-0.39, 0.29) is 12.0 Å². The van der Waals surface area contributed by atoms with Gasteiger partial charge in [-0.1, -0.05) is 11.8 Å². The number of hydrogen-bond donors (Lipinski definition) is 1. The van der Waals surface area contributed by atoms with E-state index in [1.807, 2.05) is 19.1 Å². The van der Waals surface area contributed by atoms with Crippen molar-refractivity contribution >= 4 is 17.7 Å². The number of nitrogens with two attached hydrogens (primary N) is 1. The van der Waals surface area contributed by atoms with E-state index in [2.05, 4.69) is 15.0 Å². The van der Waals surface area contributed by atoms with Gasteiger partial charge in [-0.25, -0.2) is 0 Å². The van der Waals surface area contributed by atoms with E-state index in [1.165, 1.54) is 11.8 Å². The summed E-state index contributed by atoms with van der Waals surface area (Å²) < 4.78 is 10.4. The summed E-state index contributed by atoms with van der Waals surface area (Å²) in [5.74, 6) is 1.65. The van der Waals surface area contributed by atoms with Crippen LogP contribution in [-0.4, -0.2) is 21.6 Å². The number of anilines is 1. The molecule has 90 valence electrons. The summed E-state index contributed by atoms with van der Waals surface area (Å²) in [6.07, 6.45) is 1.63. The fourth-order valence-electron chi connectivity index (χ4n) is 1.14. The van der Waals surface area contributed by atoms with E-state index in [9.17, 15) is 0 Å². The van der Waals surface area contributed by atoms with Crippen molar-refractivity contribution in [3.8, 4) is 6.01 Å². The second-order valence-corrected chi connectivity index (χ2v) is 4.00. The lowest BCUT2D eigenvalue weighted by molar-refractivity contribution is 0.308.